The van der Waals surface area contributed by atoms with Crippen molar-refractivity contribution in [1.82, 2.24) is 75.0 Å². The second-order valence-electron chi connectivity index (χ2n) is 26.3. The van der Waals surface area contributed by atoms with Crippen molar-refractivity contribution < 1.29 is 72.3 Å². The van der Waals surface area contributed by atoms with Crippen LogP contribution in [0.4, 0.5) is 32.0 Å². The van der Waals surface area contributed by atoms with Gasteiger partial charge in [-0.15, -0.1) is 25.5 Å². The summed E-state index contributed by atoms with van der Waals surface area (Å²) in [5.41, 5.74) is 0.378. The number of hydrogen-bond donors (Lipinski definition) is 11. The first-order valence-electron chi connectivity index (χ1n) is 33.3. The van der Waals surface area contributed by atoms with Gasteiger partial charge in [-0.3, -0.25) is 0 Å². The van der Waals surface area contributed by atoms with E-state index in [2.05, 4.69) is 62.0 Å². The predicted molar refractivity (Wildman–Crippen MR) is 383 cm³/mol. The van der Waals surface area contributed by atoms with Crippen molar-refractivity contribution in [3.8, 4) is 85.2 Å². The molecule has 0 radical (unpaired) electrons. The summed E-state index contributed by atoms with van der Waals surface area (Å²) in [4.78, 5) is 0. The van der Waals surface area contributed by atoms with Gasteiger partial charge in [0, 0.05) is 6.20 Å². The second-order valence-corrected chi connectivity index (χ2v) is 26.3. The Kier molecular flexibility index (Phi) is 18.2. The summed E-state index contributed by atoms with van der Waals surface area (Å²) in [5.74, 6) is -1.46. The number of para-hydroxylation sites is 2. The van der Waals surface area contributed by atoms with Crippen LogP contribution >= 0.6 is 0 Å². The third kappa shape index (κ3) is 13.0. The topological polar surface area (TPSA) is 384 Å². The number of aryl methyl sites for hydroxylation is 6. The Bertz CT molecular complexity index is 5760. The van der Waals surface area contributed by atoms with Crippen molar-refractivity contribution in [2.75, 3.05) is 5.32 Å². The lowest BCUT2D eigenvalue weighted by Crippen LogP contribution is -2.31. The summed E-state index contributed by atoms with van der Waals surface area (Å²) in [6, 6.07) is 38.4. The van der Waals surface area contributed by atoms with E-state index < -0.39 is 63.0 Å². The number of aromatic nitrogens is 15. The van der Waals surface area contributed by atoms with Crippen LogP contribution in [0.2, 0.25) is 0 Å². The Hall–Kier alpha value is -13.9. The van der Waals surface area contributed by atoms with Crippen LogP contribution in [0.5, 0.6) is 34.5 Å². The molecule has 14 aromatic rings. The van der Waals surface area contributed by atoms with Gasteiger partial charge in [0.15, 0.2) is 16.8 Å². The van der Waals surface area contributed by atoms with Crippen molar-refractivity contribution in [3.63, 3.8) is 0 Å². The first-order valence-corrected chi connectivity index (χ1v) is 33.3. The summed E-state index contributed by atoms with van der Waals surface area (Å²) < 4.78 is 92.7. The molecule has 556 valence electrons. The number of rotatable bonds is 19. The van der Waals surface area contributed by atoms with Gasteiger partial charge in [-0.05, 0) is 193 Å². The number of phenols is 6. The monoisotopic (exact) mass is 1500 g/mol. The van der Waals surface area contributed by atoms with Gasteiger partial charge in [0.05, 0.1) is 47.8 Å². The van der Waals surface area contributed by atoms with E-state index in [0.29, 0.717) is 50.3 Å². The number of nitrogens with zero attached hydrogens (tertiary/aromatic N) is 16. The third-order valence-corrected chi connectivity index (χ3v) is 18.9. The molecule has 9 aromatic carbocycles. The molecule has 14 rings (SSSR count). The fourth-order valence-corrected chi connectivity index (χ4v) is 13.2. The molecule has 2 atom stereocenters. The fourth-order valence-electron chi connectivity index (χ4n) is 13.2. The van der Waals surface area contributed by atoms with Crippen molar-refractivity contribution in [3.05, 3.63) is 296 Å². The van der Waals surface area contributed by atoms with E-state index in [1.165, 1.54) is 105 Å². The van der Waals surface area contributed by atoms with E-state index >= 15 is 0 Å². The van der Waals surface area contributed by atoms with E-state index in [4.69, 9.17) is 5.53 Å². The summed E-state index contributed by atoms with van der Waals surface area (Å²) >= 11 is 0. The summed E-state index contributed by atoms with van der Waals surface area (Å²) in [5, 5.41) is 155. The van der Waals surface area contributed by atoms with Gasteiger partial charge in [0.1, 0.15) is 97.1 Å². The number of anilines is 1. The molecule has 27 nitrogen and oxygen atoms in total. The highest BCUT2D eigenvalue weighted by Crippen LogP contribution is 2.47. The molecular weight excluding hydrogens is 1430 g/mol. The maximum absolute atomic E-state index is 14.4. The summed E-state index contributed by atoms with van der Waals surface area (Å²) in [6.45, 7) is 10.2. The Morgan fingerprint density at radius 2 is 0.745 bits per heavy atom. The van der Waals surface area contributed by atoms with Crippen molar-refractivity contribution in [2.45, 2.75) is 70.7 Å². The average Bonchev–Trinajstić information content (AvgIpc) is 1.51. The van der Waals surface area contributed by atoms with Crippen molar-refractivity contribution in [1.29, 1.82) is 5.53 Å². The largest absolute Gasteiger partial charge is 0.506 e. The van der Waals surface area contributed by atoms with Crippen LogP contribution in [0, 0.1) is 47.1 Å². The van der Waals surface area contributed by atoms with Gasteiger partial charge in [-0.1, -0.05) is 111 Å². The van der Waals surface area contributed by atoms with E-state index in [-0.39, 0.29) is 109 Å². The minimum atomic E-state index is -5.39. The maximum Gasteiger partial charge on any atom is 0.416 e. The molecule has 5 aromatic heterocycles. The SMILES string of the molecule is Cc1ccc(O)c(-n2cc(C(O)(c3ccc(-c4cc(C)c(-n5cc(C(O)(c6ccc(-c7cc(C)c(N/C=C(\N=N)C(O)(c8cc(C(F)(F)F)cc(C(F)(F)F)c8)c8cn(-c9c(C)cccc9O)nn8)c(O)c7)cc6)c6cn(-c7c(C)cccc7O)nn6)nn5)c(O)c4)cc3)c3cn(-c4cc(C)ccc4O)nn3)nn2)c1. The molecule has 11 N–H and O–H groups in total. The zero-order valence-corrected chi connectivity index (χ0v) is 58.5. The number of phenolic OH excluding ortho intramolecular Hbond substituents is 6. The first kappa shape index (κ1) is 73.0. The number of alkyl halides is 6. The number of aromatic hydroxyl groups is 6. The Balaban J connectivity index is 0.783. The van der Waals surface area contributed by atoms with Crippen LogP contribution in [0.3, 0.4) is 0 Å². The van der Waals surface area contributed by atoms with Crippen molar-refractivity contribution in [2.24, 2.45) is 5.11 Å². The molecule has 0 bridgehead atoms. The number of nitrogens with one attached hydrogen (secondary N) is 2. The van der Waals surface area contributed by atoms with E-state index in [1.54, 1.807) is 112 Å². The standard InChI is InChI=1S/C77H62F6N18O9/c1-40-13-23-57(102)55(25-40)97-35-64(87-92-97)73(108,65-36-98(93-88-65)56-26-41(2)14-24-58(56)103)50-21-17-47(18-22-50)49-28-45(6)72(62(107)30-49)101-38-67(90-96-101)74(109,66-37-99(94-89-66)70-42(3)9-7-11-59(70)104)51-19-15-46(16-20-51)48-27-44(5)69(61(106)29-48)85-34-63(86-84)75(110,52-31-53(76(78,79)80)33-54(32-52)77(81,82)83)68-39-100(95-91-68)71-43(4)10-8-12-60(71)105/h7-39,84-85,102-110H,1-6H3/b63-34-,86-84?. The predicted octanol–water partition coefficient (Wildman–Crippen LogP) is 12.8. The minimum Gasteiger partial charge on any atom is -0.506 e. The number of halogens is 6. The fraction of sp³-hybridized carbons (Fsp3) is 0.143. The molecule has 2 unspecified atom stereocenters. The van der Waals surface area contributed by atoms with Crippen LogP contribution in [0.15, 0.2) is 212 Å². The molecule has 0 aliphatic carbocycles. The quantitative estimate of drug-likeness (QED) is 0.0203. The molecule has 33 heteroatoms. The van der Waals surface area contributed by atoms with Crippen LogP contribution < -0.4 is 5.32 Å². The first-order chi connectivity index (χ1) is 52.2. The average molecular weight is 1500 g/mol. The zero-order valence-electron chi connectivity index (χ0n) is 58.5. The highest BCUT2D eigenvalue weighted by atomic mass is 19.4. The van der Waals surface area contributed by atoms with Gasteiger partial charge in [-0.25, -0.2) is 28.9 Å². The lowest BCUT2D eigenvalue weighted by atomic mass is 9.85. The highest BCUT2D eigenvalue weighted by molar-refractivity contribution is 5.75. The van der Waals surface area contributed by atoms with E-state index in [9.17, 15) is 72.3 Å². The van der Waals surface area contributed by atoms with Crippen LogP contribution in [-0.2, 0) is 29.2 Å². The van der Waals surface area contributed by atoms with Gasteiger partial charge < -0.3 is 51.3 Å². The molecule has 0 fully saturated rings. The Morgan fingerprint density at radius 3 is 1.15 bits per heavy atom. The van der Waals surface area contributed by atoms with Gasteiger partial charge >= 0.3 is 12.4 Å². The molecule has 0 aliphatic heterocycles. The lowest BCUT2D eigenvalue weighted by molar-refractivity contribution is -0.143. The lowest BCUT2D eigenvalue weighted by Gasteiger charge is -2.28. The molecule has 0 aliphatic rings. The maximum atomic E-state index is 14.4. The zero-order chi connectivity index (χ0) is 78.3. The Morgan fingerprint density at radius 1 is 0.373 bits per heavy atom. The molecule has 5 heterocycles. The van der Waals surface area contributed by atoms with Gasteiger partial charge in [0.2, 0.25) is 0 Å². The minimum absolute atomic E-state index is 0.00131. The number of aliphatic hydroxyl groups is 3. The van der Waals surface area contributed by atoms with Crippen molar-refractivity contribution >= 4 is 5.69 Å². The van der Waals surface area contributed by atoms with Crippen LogP contribution in [-0.4, -0.2) is 121 Å². The molecule has 0 saturated carbocycles. The molecule has 0 spiro atoms. The summed E-state index contributed by atoms with van der Waals surface area (Å²) in [6.07, 6.45) is -3.38. The second kappa shape index (κ2) is 27.5. The molecule has 110 heavy (non-hydrogen) atoms. The molecule has 0 saturated heterocycles. The van der Waals surface area contributed by atoms with Crippen LogP contribution in [0.25, 0.3) is 50.7 Å². The number of benzene rings is 9. The number of hydrogen-bond acceptors (Lipinski definition) is 22. The summed E-state index contributed by atoms with van der Waals surface area (Å²) in [7, 11) is 0. The molecular formula is C77H62F6N18O9. The van der Waals surface area contributed by atoms with Gasteiger partial charge in [-0.2, -0.15) is 31.5 Å². The highest BCUT2D eigenvalue weighted by Gasteiger charge is 2.47. The van der Waals surface area contributed by atoms with E-state index in [0.717, 1.165) is 28.2 Å². The van der Waals surface area contributed by atoms with E-state index in [1.807, 2.05) is 13.8 Å². The Labute approximate surface area is 618 Å². The van der Waals surface area contributed by atoms with Gasteiger partial charge in [0.25, 0.3) is 0 Å². The smallest absolute Gasteiger partial charge is 0.416 e. The normalized spacial score (nSPS) is 13.3. The van der Waals surface area contributed by atoms with Crippen LogP contribution in [0.1, 0.15) is 89.7 Å². The third-order valence-electron chi connectivity index (χ3n) is 18.9. The molecule has 0 amide bonds.